The minimum absolute atomic E-state index is 0.0653. The lowest BCUT2D eigenvalue weighted by Gasteiger charge is -2.16. The topological polar surface area (TPSA) is 150 Å². The maximum absolute atomic E-state index is 12.6. The Morgan fingerprint density at radius 2 is 1.96 bits per heavy atom. The number of nitrogens with zero attached hydrogens (tertiary/aromatic N) is 3. The number of phenols is 2. The Bertz CT molecular complexity index is 928. The van der Waals surface area contributed by atoms with Crippen molar-refractivity contribution in [1.29, 1.82) is 0 Å². The average molecular weight is 382 g/mol. The van der Waals surface area contributed by atoms with Crippen LogP contribution in [0.1, 0.15) is 41.5 Å². The number of pyridine rings is 1. The maximum Gasteiger partial charge on any atom is 0.255 e. The summed E-state index contributed by atoms with van der Waals surface area (Å²) in [6.07, 6.45) is 5.50. The Morgan fingerprint density at radius 1 is 1.18 bits per heavy atom. The van der Waals surface area contributed by atoms with Gasteiger partial charge in [-0.05, 0) is 50.1 Å². The third-order valence-corrected chi connectivity index (χ3v) is 4.25. The highest BCUT2D eigenvalue weighted by Crippen LogP contribution is 2.25. The van der Waals surface area contributed by atoms with Crippen molar-refractivity contribution in [2.45, 2.75) is 25.3 Å². The SMILES string of the molecule is NCCCC[C@H](NC(=O)c1ccc(O)cc1O)c1nc(-c2ccncc2)n[nH]1. The number of carbonyl (C=O) groups excluding carboxylic acids is 1. The smallest absolute Gasteiger partial charge is 0.255 e. The largest absolute Gasteiger partial charge is 0.508 e. The molecule has 6 N–H and O–H groups in total. The number of benzene rings is 1. The highest BCUT2D eigenvalue weighted by molar-refractivity contribution is 5.97. The number of H-pyrrole nitrogens is 1. The van der Waals surface area contributed by atoms with Crippen LogP contribution in [0, 0.1) is 0 Å². The van der Waals surface area contributed by atoms with Crippen LogP contribution in [0.2, 0.25) is 0 Å². The van der Waals surface area contributed by atoms with Crippen molar-refractivity contribution in [3.8, 4) is 22.9 Å². The zero-order valence-corrected chi connectivity index (χ0v) is 15.2. The molecule has 2 heterocycles. The fourth-order valence-corrected chi connectivity index (χ4v) is 2.78. The first kappa shape index (κ1) is 19.3. The summed E-state index contributed by atoms with van der Waals surface area (Å²) in [7, 11) is 0. The molecule has 1 amide bonds. The zero-order chi connectivity index (χ0) is 19.9. The first-order chi connectivity index (χ1) is 13.6. The second-order valence-corrected chi connectivity index (χ2v) is 6.29. The fraction of sp³-hybridized carbons (Fsp3) is 0.263. The predicted molar refractivity (Wildman–Crippen MR) is 102 cm³/mol. The molecule has 2 aromatic heterocycles. The van der Waals surface area contributed by atoms with Crippen molar-refractivity contribution >= 4 is 5.91 Å². The summed E-state index contributed by atoms with van der Waals surface area (Å²) < 4.78 is 0. The van der Waals surface area contributed by atoms with Crippen molar-refractivity contribution in [1.82, 2.24) is 25.5 Å². The molecule has 1 atom stereocenters. The number of rotatable bonds is 8. The minimum Gasteiger partial charge on any atom is -0.508 e. The van der Waals surface area contributed by atoms with Crippen LogP contribution in [0.4, 0.5) is 0 Å². The van der Waals surface area contributed by atoms with Crippen molar-refractivity contribution in [2.75, 3.05) is 6.54 Å². The van der Waals surface area contributed by atoms with Gasteiger partial charge >= 0.3 is 0 Å². The van der Waals surface area contributed by atoms with E-state index < -0.39 is 11.9 Å². The first-order valence-electron chi connectivity index (χ1n) is 8.94. The molecule has 146 valence electrons. The molecule has 0 aliphatic carbocycles. The Labute approximate surface area is 161 Å². The monoisotopic (exact) mass is 382 g/mol. The molecule has 3 rings (SSSR count). The van der Waals surface area contributed by atoms with E-state index in [1.54, 1.807) is 24.5 Å². The molecule has 0 bridgehead atoms. The zero-order valence-electron chi connectivity index (χ0n) is 15.2. The quantitative estimate of drug-likeness (QED) is 0.373. The van der Waals surface area contributed by atoms with Gasteiger partial charge in [0.05, 0.1) is 11.6 Å². The van der Waals surface area contributed by atoms with E-state index in [0.29, 0.717) is 24.6 Å². The fourth-order valence-electron chi connectivity index (χ4n) is 2.78. The number of phenolic OH excluding ortho intramolecular Hbond substituents is 2. The normalized spacial score (nSPS) is 11.9. The standard InChI is InChI=1S/C19H22N6O3/c20-8-2-1-3-15(22-19(28)14-5-4-13(26)11-16(14)27)18-23-17(24-25-18)12-6-9-21-10-7-12/h4-7,9-11,15,26-27H,1-3,8,20H2,(H,22,28)(H,23,24,25)/t15-/m0/s1. The number of nitrogens with one attached hydrogen (secondary N) is 2. The van der Waals surface area contributed by atoms with Gasteiger partial charge in [-0.3, -0.25) is 14.9 Å². The van der Waals surface area contributed by atoms with Gasteiger partial charge in [0.2, 0.25) is 0 Å². The van der Waals surface area contributed by atoms with Gasteiger partial charge in [0.25, 0.3) is 5.91 Å². The van der Waals surface area contributed by atoms with E-state index >= 15 is 0 Å². The molecule has 28 heavy (non-hydrogen) atoms. The molecule has 9 heteroatoms. The van der Waals surface area contributed by atoms with Crippen molar-refractivity contribution in [3.05, 3.63) is 54.1 Å². The first-order valence-corrected chi connectivity index (χ1v) is 8.94. The highest BCUT2D eigenvalue weighted by atomic mass is 16.3. The number of aromatic hydroxyl groups is 2. The molecule has 0 radical (unpaired) electrons. The molecule has 1 aromatic carbocycles. The van der Waals surface area contributed by atoms with Crippen LogP contribution >= 0.6 is 0 Å². The second-order valence-electron chi connectivity index (χ2n) is 6.29. The van der Waals surface area contributed by atoms with Crippen LogP contribution in [0.3, 0.4) is 0 Å². The maximum atomic E-state index is 12.6. The summed E-state index contributed by atoms with van der Waals surface area (Å²) in [4.78, 5) is 21.1. The van der Waals surface area contributed by atoms with Crippen LogP contribution in [0.25, 0.3) is 11.4 Å². The summed E-state index contributed by atoms with van der Waals surface area (Å²) in [5.41, 5.74) is 6.45. The van der Waals surface area contributed by atoms with Crippen LogP contribution in [-0.2, 0) is 0 Å². The van der Waals surface area contributed by atoms with Crippen LogP contribution in [-0.4, -0.2) is 42.8 Å². The molecule has 9 nitrogen and oxygen atoms in total. The van der Waals surface area contributed by atoms with E-state index in [1.807, 2.05) is 0 Å². The number of aromatic amines is 1. The number of amides is 1. The summed E-state index contributed by atoms with van der Waals surface area (Å²) in [5, 5.41) is 29.3. The van der Waals surface area contributed by atoms with Crippen molar-refractivity contribution in [3.63, 3.8) is 0 Å². The van der Waals surface area contributed by atoms with Crippen molar-refractivity contribution in [2.24, 2.45) is 5.73 Å². The second kappa shape index (κ2) is 8.96. The van der Waals surface area contributed by atoms with E-state index in [-0.39, 0.29) is 17.1 Å². The molecule has 0 unspecified atom stereocenters. The van der Waals surface area contributed by atoms with Crippen LogP contribution in [0.5, 0.6) is 11.5 Å². The summed E-state index contributed by atoms with van der Waals surface area (Å²) in [5.74, 6) is 0.120. The lowest BCUT2D eigenvalue weighted by molar-refractivity contribution is 0.0929. The Hall–Kier alpha value is -3.46. The molecule has 0 spiro atoms. The third-order valence-electron chi connectivity index (χ3n) is 4.25. The number of unbranched alkanes of at least 4 members (excludes halogenated alkanes) is 1. The number of carbonyl (C=O) groups is 1. The Balaban J connectivity index is 1.81. The number of hydrogen-bond acceptors (Lipinski definition) is 7. The van der Waals surface area contributed by atoms with Gasteiger partial charge in [0.1, 0.15) is 17.3 Å². The molecule has 0 saturated carbocycles. The molecule has 0 fully saturated rings. The average Bonchev–Trinajstić information content (AvgIpc) is 3.18. The number of nitrogens with two attached hydrogens (primary N) is 1. The lowest BCUT2D eigenvalue weighted by Crippen LogP contribution is -2.29. The van der Waals surface area contributed by atoms with Crippen LogP contribution in [0.15, 0.2) is 42.7 Å². The van der Waals surface area contributed by atoms with E-state index in [9.17, 15) is 15.0 Å². The van der Waals surface area contributed by atoms with Gasteiger partial charge in [-0.2, -0.15) is 5.10 Å². The van der Waals surface area contributed by atoms with Gasteiger partial charge in [-0.1, -0.05) is 0 Å². The lowest BCUT2D eigenvalue weighted by atomic mass is 10.1. The van der Waals surface area contributed by atoms with E-state index in [4.69, 9.17) is 5.73 Å². The van der Waals surface area contributed by atoms with E-state index in [1.165, 1.54) is 12.1 Å². The molecule has 0 aliphatic rings. The molecule has 0 aliphatic heterocycles. The highest BCUT2D eigenvalue weighted by Gasteiger charge is 2.21. The van der Waals surface area contributed by atoms with Gasteiger partial charge in [0, 0.05) is 24.0 Å². The van der Waals surface area contributed by atoms with E-state index in [2.05, 4.69) is 25.5 Å². The third kappa shape index (κ3) is 4.63. The van der Waals surface area contributed by atoms with Gasteiger partial charge in [-0.15, -0.1) is 0 Å². The molecular formula is C19H22N6O3. The summed E-state index contributed by atoms with van der Waals surface area (Å²) in [6.45, 7) is 0.554. The Kier molecular flexibility index (Phi) is 6.18. The van der Waals surface area contributed by atoms with Crippen molar-refractivity contribution < 1.29 is 15.0 Å². The van der Waals surface area contributed by atoms with Crippen LogP contribution < -0.4 is 11.1 Å². The Morgan fingerprint density at radius 3 is 2.68 bits per heavy atom. The minimum atomic E-state index is -0.475. The van der Waals surface area contributed by atoms with Gasteiger partial charge in [0.15, 0.2) is 5.82 Å². The summed E-state index contributed by atoms with van der Waals surface area (Å²) >= 11 is 0. The molecular weight excluding hydrogens is 360 g/mol. The number of aromatic nitrogens is 4. The molecule has 0 saturated heterocycles. The predicted octanol–water partition coefficient (Wildman–Crippen LogP) is 1.88. The molecule has 3 aromatic rings. The van der Waals surface area contributed by atoms with Gasteiger partial charge < -0.3 is 21.3 Å². The summed E-state index contributed by atoms with van der Waals surface area (Å²) in [6, 6.07) is 6.98. The number of hydrogen-bond donors (Lipinski definition) is 5. The van der Waals surface area contributed by atoms with E-state index in [0.717, 1.165) is 24.5 Å². The van der Waals surface area contributed by atoms with Gasteiger partial charge in [-0.25, -0.2) is 4.98 Å².